The van der Waals surface area contributed by atoms with Gasteiger partial charge in [0, 0.05) is 18.0 Å². The molecule has 4 unspecified atom stereocenters. The molecule has 2 fully saturated rings. The molecule has 0 aromatic rings. The molecule has 1 amide bonds. The van der Waals surface area contributed by atoms with Gasteiger partial charge in [0.2, 0.25) is 5.91 Å². The largest absolute Gasteiger partial charge is 0.369 e. The molecule has 0 aliphatic heterocycles. The summed E-state index contributed by atoms with van der Waals surface area (Å²) in [5.74, 6) is 0.808. The summed E-state index contributed by atoms with van der Waals surface area (Å²) in [6.45, 7) is 2.33. The van der Waals surface area contributed by atoms with Gasteiger partial charge >= 0.3 is 0 Å². The number of hydrogen-bond acceptors (Lipinski definition) is 2. The van der Waals surface area contributed by atoms with E-state index in [-0.39, 0.29) is 11.8 Å². The smallest absolute Gasteiger partial charge is 0.220 e. The third-order valence-electron chi connectivity index (χ3n) is 4.39. The molecule has 0 spiro atoms. The van der Waals surface area contributed by atoms with Crippen LogP contribution in [0, 0.1) is 11.8 Å². The van der Waals surface area contributed by atoms with Crippen LogP contribution < -0.4 is 11.1 Å². The van der Waals surface area contributed by atoms with Crippen molar-refractivity contribution in [2.45, 2.75) is 64.0 Å². The van der Waals surface area contributed by atoms with Gasteiger partial charge in [0.15, 0.2) is 0 Å². The minimum atomic E-state index is -0.106. The summed E-state index contributed by atoms with van der Waals surface area (Å²) in [6, 6.07) is 1.20. The van der Waals surface area contributed by atoms with E-state index in [1.807, 2.05) is 0 Å². The van der Waals surface area contributed by atoms with E-state index in [2.05, 4.69) is 12.2 Å². The van der Waals surface area contributed by atoms with Crippen LogP contribution in [0.5, 0.6) is 0 Å². The van der Waals surface area contributed by atoms with Crippen LogP contribution in [-0.2, 0) is 4.79 Å². The summed E-state index contributed by atoms with van der Waals surface area (Å²) in [5, 5.41) is 3.74. The number of primary amides is 1. The van der Waals surface area contributed by atoms with Gasteiger partial charge < -0.3 is 11.1 Å². The molecule has 2 aliphatic rings. The lowest BCUT2D eigenvalue weighted by Gasteiger charge is -2.31. The topological polar surface area (TPSA) is 55.1 Å². The van der Waals surface area contributed by atoms with E-state index >= 15 is 0 Å². The molecule has 0 aromatic carbocycles. The molecule has 2 rings (SSSR count). The van der Waals surface area contributed by atoms with Crippen molar-refractivity contribution < 1.29 is 4.79 Å². The highest BCUT2D eigenvalue weighted by Gasteiger charge is 2.30. The fourth-order valence-corrected chi connectivity index (χ4v) is 3.30. The summed E-state index contributed by atoms with van der Waals surface area (Å²) in [5.41, 5.74) is 5.40. The highest BCUT2D eigenvalue weighted by Crippen LogP contribution is 2.29. The zero-order valence-corrected chi connectivity index (χ0v) is 10.2. The second-order valence-corrected chi connectivity index (χ2v) is 5.64. The fraction of sp³-hybridized carbons (Fsp3) is 0.923. The third-order valence-corrected chi connectivity index (χ3v) is 4.39. The van der Waals surface area contributed by atoms with Crippen molar-refractivity contribution in [2.75, 3.05) is 0 Å². The highest BCUT2D eigenvalue weighted by molar-refractivity contribution is 5.76. The lowest BCUT2D eigenvalue weighted by Crippen LogP contribution is -2.44. The lowest BCUT2D eigenvalue weighted by molar-refractivity contribution is -0.123. The predicted octanol–water partition coefficient (Wildman–Crippen LogP) is 1.81. The molecule has 0 radical (unpaired) electrons. The van der Waals surface area contributed by atoms with Crippen LogP contribution in [0.25, 0.3) is 0 Å². The summed E-state index contributed by atoms with van der Waals surface area (Å²) in [6.07, 6.45) is 8.32. The quantitative estimate of drug-likeness (QED) is 0.768. The van der Waals surface area contributed by atoms with Crippen LogP contribution in [-0.4, -0.2) is 18.0 Å². The number of carbonyl (C=O) groups is 1. The number of hydrogen-bond donors (Lipinski definition) is 2. The molecular formula is C13H24N2O. The Morgan fingerprint density at radius 2 is 1.94 bits per heavy atom. The second-order valence-electron chi connectivity index (χ2n) is 5.64. The Morgan fingerprint density at radius 1 is 1.19 bits per heavy atom. The Bertz CT molecular complexity index is 254. The third kappa shape index (κ3) is 2.76. The van der Waals surface area contributed by atoms with Crippen LogP contribution in [0.15, 0.2) is 0 Å². The number of nitrogens with two attached hydrogens (primary N) is 1. The normalized spacial score (nSPS) is 39.8. The van der Waals surface area contributed by atoms with E-state index in [9.17, 15) is 4.79 Å². The molecule has 0 bridgehead atoms. The van der Waals surface area contributed by atoms with E-state index in [1.165, 1.54) is 25.7 Å². The van der Waals surface area contributed by atoms with Crippen molar-refractivity contribution in [3.63, 3.8) is 0 Å². The SMILES string of the molecule is CC1CCCC1NC1CCCC(C(N)=O)C1. The van der Waals surface area contributed by atoms with E-state index in [4.69, 9.17) is 5.73 Å². The molecule has 2 aliphatic carbocycles. The standard InChI is InChI=1S/C13H24N2O/c1-9-4-2-7-12(9)15-11-6-3-5-10(8-11)13(14)16/h9-12,15H,2-8H2,1H3,(H2,14,16). The van der Waals surface area contributed by atoms with Gasteiger partial charge in [-0.3, -0.25) is 4.79 Å². The van der Waals surface area contributed by atoms with Gasteiger partial charge in [0.05, 0.1) is 0 Å². The molecule has 2 saturated carbocycles. The first-order valence-corrected chi connectivity index (χ1v) is 6.72. The maximum absolute atomic E-state index is 11.2. The first kappa shape index (κ1) is 11.9. The zero-order chi connectivity index (χ0) is 11.5. The van der Waals surface area contributed by atoms with E-state index in [0.717, 1.165) is 25.2 Å². The summed E-state index contributed by atoms with van der Waals surface area (Å²) >= 11 is 0. The molecule has 3 N–H and O–H groups in total. The summed E-state index contributed by atoms with van der Waals surface area (Å²) in [4.78, 5) is 11.2. The molecular weight excluding hydrogens is 200 g/mol. The van der Waals surface area contributed by atoms with Gasteiger partial charge in [0.25, 0.3) is 0 Å². The van der Waals surface area contributed by atoms with Crippen LogP contribution in [0.2, 0.25) is 0 Å². The average molecular weight is 224 g/mol. The van der Waals surface area contributed by atoms with Crippen molar-refractivity contribution in [1.29, 1.82) is 0 Å². The minimum Gasteiger partial charge on any atom is -0.369 e. The maximum atomic E-state index is 11.2. The molecule has 92 valence electrons. The van der Waals surface area contributed by atoms with Gasteiger partial charge in [0.1, 0.15) is 0 Å². The Balaban J connectivity index is 1.83. The summed E-state index contributed by atoms with van der Waals surface area (Å²) in [7, 11) is 0. The van der Waals surface area contributed by atoms with Crippen LogP contribution in [0.3, 0.4) is 0 Å². The van der Waals surface area contributed by atoms with Crippen molar-refractivity contribution in [2.24, 2.45) is 17.6 Å². The average Bonchev–Trinajstić information content (AvgIpc) is 2.65. The van der Waals surface area contributed by atoms with Gasteiger partial charge in [-0.25, -0.2) is 0 Å². The van der Waals surface area contributed by atoms with Crippen molar-refractivity contribution >= 4 is 5.91 Å². The van der Waals surface area contributed by atoms with Gasteiger partial charge in [-0.15, -0.1) is 0 Å². The molecule has 0 aromatic heterocycles. The molecule has 0 saturated heterocycles. The number of amides is 1. The lowest BCUT2D eigenvalue weighted by atomic mass is 9.84. The van der Waals surface area contributed by atoms with Gasteiger partial charge in [-0.05, 0) is 38.0 Å². The van der Waals surface area contributed by atoms with Gasteiger partial charge in [-0.2, -0.15) is 0 Å². The Kier molecular flexibility index (Phi) is 3.85. The molecule has 3 heteroatoms. The minimum absolute atomic E-state index is 0.106. The number of carbonyl (C=O) groups excluding carboxylic acids is 1. The monoisotopic (exact) mass is 224 g/mol. The first-order valence-electron chi connectivity index (χ1n) is 6.72. The van der Waals surface area contributed by atoms with E-state index in [0.29, 0.717) is 12.1 Å². The van der Waals surface area contributed by atoms with Crippen LogP contribution in [0.1, 0.15) is 51.9 Å². The zero-order valence-electron chi connectivity index (χ0n) is 10.2. The highest BCUT2D eigenvalue weighted by atomic mass is 16.1. The van der Waals surface area contributed by atoms with Crippen LogP contribution >= 0.6 is 0 Å². The second kappa shape index (κ2) is 5.17. The van der Waals surface area contributed by atoms with Crippen molar-refractivity contribution in [1.82, 2.24) is 5.32 Å². The van der Waals surface area contributed by atoms with E-state index in [1.54, 1.807) is 0 Å². The molecule has 16 heavy (non-hydrogen) atoms. The maximum Gasteiger partial charge on any atom is 0.220 e. The predicted molar refractivity (Wildman–Crippen MR) is 64.9 cm³/mol. The Morgan fingerprint density at radius 3 is 2.56 bits per heavy atom. The molecule has 3 nitrogen and oxygen atoms in total. The fourth-order valence-electron chi connectivity index (χ4n) is 3.30. The van der Waals surface area contributed by atoms with Crippen LogP contribution in [0.4, 0.5) is 0 Å². The number of nitrogens with one attached hydrogen (secondary N) is 1. The Hall–Kier alpha value is -0.570. The van der Waals surface area contributed by atoms with Crippen molar-refractivity contribution in [3.8, 4) is 0 Å². The van der Waals surface area contributed by atoms with Crippen molar-refractivity contribution in [3.05, 3.63) is 0 Å². The summed E-state index contributed by atoms with van der Waals surface area (Å²) < 4.78 is 0. The molecule has 0 heterocycles. The molecule has 4 atom stereocenters. The first-order chi connectivity index (χ1) is 7.66. The van der Waals surface area contributed by atoms with E-state index < -0.39 is 0 Å². The number of rotatable bonds is 3. The van der Waals surface area contributed by atoms with Gasteiger partial charge in [-0.1, -0.05) is 19.8 Å². The Labute approximate surface area is 98.2 Å².